The number of urea groups is 1. The van der Waals surface area contributed by atoms with Gasteiger partial charge in [-0.05, 0) is 0 Å². The first-order chi connectivity index (χ1) is 5.61. The maximum atomic E-state index is 10.7. The molecule has 7 nitrogen and oxygen atoms in total. The fourth-order valence-corrected chi connectivity index (χ4v) is 0.375. The molecule has 0 aromatic carbocycles. The van der Waals surface area contributed by atoms with E-state index in [0.717, 1.165) is 7.11 Å². The minimum atomic E-state index is -1.06. The summed E-state index contributed by atoms with van der Waals surface area (Å²) in [5, 5.41) is 12.9. The van der Waals surface area contributed by atoms with Crippen molar-refractivity contribution in [1.82, 2.24) is 5.32 Å². The lowest BCUT2D eigenvalue weighted by molar-refractivity contribution is -0.113. The second kappa shape index (κ2) is 4.68. The molecule has 64 valence electrons. The molecule has 0 aliphatic carbocycles. The van der Waals surface area contributed by atoms with Crippen molar-refractivity contribution in [3.63, 3.8) is 0 Å². The molecule has 0 heterocycles. The molecule has 0 unspecified atom stereocenters. The highest BCUT2D eigenvalue weighted by molar-refractivity contribution is 6.46. The average Bonchev–Trinajstić information content (AvgIpc) is 1.98. The molecule has 0 rings (SSSR count). The molecule has 0 atom stereocenters. The Morgan fingerprint density at radius 1 is 1.67 bits per heavy atom. The van der Waals surface area contributed by atoms with Crippen molar-refractivity contribution in [2.75, 3.05) is 7.11 Å². The van der Waals surface area contributed by atoms with E-state index in [2.05, 4.69) is 15.7 Å². The number of nitrogens with zero attached hydrogens (tertiary/aromatic N) is 2. The van der Waals surface area contributed by atoms with Gasteiger partial charge in [-0.15, -0.1) is 0 Å². The number of hydrogen-bond acceptors (Lipinski definition) is 5. The second-order valence-electron chi connectivity index (χ2n) is 1.55. The van der Waals surface area contributed by atoms with Crippen LogP contribution in [0.5, 0.6) is 0 Å². The number of amides is 3. The van der Waals surface area contributed by atoms with Crippen LogP contribution < -0.4 is 11.1 Å². The Morgan fingerprint density at radius 3 is 2.58 bits per heavy atom. The third-order valence-corrected chi connectivity index (χ3v) is 0.740. The van der Waals surface area contributed by atoms with Crippen molar-refractivity contribution >= 4 is 17.6 Å². The van der Waals surface area contributed by atoms with Crippen molar-refractivity contribution in [3.05, 3.63) is 0 Å². The van der Waals surface area contributed by atoms with Gasteiger partial charge in [0.15, 0.2) is 0 Å². The summed E-state index contributed by atoms with van der Waals surface area (Å²) >= 11 is 0. The van der Waals surface area contributed by atoms with Crippen LogP contribution in [0.3, 0.4) is 0 Å². The zero-order valence-electron chi connectivity index (χ0n) is 6.20. The van der Waals surface area contributed by atoms with Crippen molar-refractivity contribution in [2.24, 2.45) is 10.9 Å². The highest BCUT2D eigenvalue weighted by Crippen LogP contribution is 1.78. The number of hydrogen-bond donors (Lipinski definition) is 2. The predicted octanol–water partition coefficient (Wildman–Crippen LogP) is -1.29. The Bertz CT molecular complexity index is 264. The SMILES string of the molecule is CO/N=C(/C#N)C(=O)NC(N)=O. The minimum Gasteiger partial charge on any atom is -0.398 e. The second-order valence-corrected chi connectivity index (χ2v) is 1.55. The number of nitriles is 1. The molecule has 0 aliphatic heterocycles. The van der Waals surface area contributed by atoms with Crippen LogP contribution in [0.1, 0.15) is 0 Å². The zero-order valence-corrected chi connectivity index (χ0v) is 6.20. The quantitative estimate of drug-likeness (QED) is 0.395. The fourth-order valence-electron chi connectivity index (χ4n) is 0.375. The third-order valence-electron chi connectivity index (χ3n) is 0.740. The fraction of sp³-hybridized carbons (Fsp3) is 0.200. The number of nitrogens with one attached hydrogen (secondary N) is 1. The van der Waals surface area contributed by atoms with Crippen LogP contribution in [0.4, 0.5) is 4.79 Å². The smallest absolute Gasteiger partial charge is 0.319 e. The van der Waals surface area contributed by atoms with Crippen molar-refractivity contribution in [3.8, 4) is 6.07 Å². The van der Waals surface area contributed by atoms with Gasteiger partial charge in [-0.1, -0.05) is 5.16 Å². The Balaban J connectivity index is 4.36. The van der Waals surface area contributed by atoms with E-state index in [0.29, 0.717) is 0 Å². The van der Waals surface area contributed by atoms with E-state index < -0.39 is 17.6 Å². The summed E-state index contributed by atoms with van der Waals surface area (Å²) in [6.45, 7) is 0. The molecule has 12 heavy (non-hydrogen) atoms. The molecule has 0 saturated heterocycles. The summed E-state index contributed by atoms with van der Waals surface area (Å²) in [5.74, 6) is -0.994. The van der Waals surface area contributed by atoms with Crippen LogP contribution in [0, 0.1) is 11.3 Å². The highest BCUT2D eigenvalue weighted by Gasteiger charge is 2.12. The number of rotatable bonds is 2. The summed E-state index contributed by atoms with van der Waals surface area (Å²) in [4.78, 5) is 25.0. The predicted molar refractivity (Wildman–Crippen MR) is 37.8 cm³/mol. The first-order valence-electron chi connectivity index (χ1n) is 2.73. The molecular weight excluding hydrogens is 164 g/mol. The number of imide groups is 1. The molecule has 0 radical (unpaired) electrons. The highest BCUT2D eigenvalue weighted by atomic mass is 16.6. The van der Waals surface area contributed by atoms with Crippen molar-refractivity contribution in [2.45, 2.75) is 0 Å². The molecule has 0 saturated carbocycles. The Morgan fingerprint density at radius 2 is 2.25 bits per heavy atom. The van der Waals surface area contributed by atoms with Gasteiger partial charge in [0.1, 0.15) is 13.2 Å². The first kappa shape index (κ1) is 9.90. The minimum absolute atomic E-state index is 0.573. The van der Waals surface area contributed by atoms with E-state index in [1.807, 2.05) is 0 Å². The zero-order chi connectivity index (χ0) is 9.56. The Hall–Kier alpha value is -2.10. The van der Waals surface area contributed by atoms with Crippen LogP contribution in [-0.2, 0) is 9.63 Å². The topological polar surface area (TPSA) is 118 Å². The normalized spacial score (nSPS) is 9.83. The van der Waals surface area contributed by atoms with E-state index in [9.17, 15) is 9.59 Å². The van der Waals surface area contributed by atoms with E-state index in [1.165, 1.54) is 6.07 Å². The molecule has 3 amide bonds. The number of carbonyl (C=O) groups excluding carboxylic acids is 2. The van der Waals surface area contributed by atoms with Crippen molar-refractivity contribution in [1.29, 1.82) is 5.26 Å². The van der Waals surface area contributed by atoms with Gasteiger partial charge < -0.3 is 10.6 Å². The molecule has 0 aromatic heterocycles. The summed E-state index contributed by atoms with van der Waals surface area (Å²) in [7, 11) is 1.16. The van der Waals surface area contributed by atoms with E-state index in [1.54, 1.807) is 5.32 Å². The van der Waals surface area contributed by atoms with Crippen LogP contribution >= 0.6 is 0 Å². The maximum Gasteiger partial charge on any atom is 0.319 e. The van der Waals surface area contributed by atoms with Gasteiger partial charge in [0.25, 0.3) is 5.91 Å². The Kier molecular flexibility index (Phi) is 3.86. The molecule has 0 bridgehead atoms. The average molecular weight is 170 g/mol. The Labute approximate surface area is 67.8 Å². The van der Waals surface area contributed by atoms with E-state index in [-0.39, 0.29) is 0 Å². The first-order valence-corrected chi connectivity index (χ1v) is 2.73. The largest absolute Gasteiger partial charge is 0.398 e. The molecule has 0 fully saturated rings. The van der Waals surface area contributed by atoms with Gasteiger partial charge in [-0.3, -0.25) is 10.1 Å². The van der Waals surface area contributed by atoms with Gasteiger partial charge in [0.2, 0.25) is 5.71 Å². The van der Waals surface area contributed by atoms with Gasteiger partial charge in [-0.2, -0.15) is 5.26 Å². The lowest BCUT2D eigenvalue weighted by Gasteiger charge is -1.95. The van der Waals surface area contributed by atoms with Gasteiger partial charge in [-0.25, -0.2) is 4.79 Å². The summed E-state index contributed by atoms with van der Waals surface area (Å²) in [5.41, 5.74) is 4.03. The molecule has 3 N–H and O–H groups in total. The third kappa shape index (κ3) is 3.17. The van der Waals surface area contributed by atoms with Gasteiger partial charge in [0.05, 0.1) is 0 Å². The summed E-state index contributed by atoms with van der Waals surface area (Å²) in [6.07, 6.45) is 0. The monoisotopic (exact) mass is 170 g/mol. The molecule has 0 spiro atoms. The van der Waals surface area contributed by atoms with Crippen LogP contribution in [0.2, 0.25) is 0 Å². The number of primary amides is 1. The van der Waals surface area contributed by atoms with Crippen molar-refractivity contribution < 1.29 is 14.4 Å². The number of oxime groups is 1. The van der Waals surface area contributed by atoms with E-state index >= 15 is 0 Å². The molecule has 0 aromatic rings. The molecule has 7 heteroatoms. The standard InChI is InChI=1S/C5H6N4O3/c1-12-9-3(2-6)4(10)8-5(7)11/h1H3,(H3,7,8,10,11)/b9-3-. The molecular formula is C5H6N4O3. The van der Waals surface area contributed by atoms with Crippen LogP contribution in [0.15, 0.2) is 5.16 Å². The van der Waals surface area contributed by atoms with Gasteiger partial charge >= 0.3 is 6.03 Å². The van der Waals surface area contributed by atoms with Gasteiger partial charge in [0, 0.05) is 0 Å². The maximum absolute atomic E-state index is 10.7. The summed E-state index contributed by atoms with van der Waals surface area (Å²) in [6, 6.07) is 0.357. The number of nitrogens with two attached hydrogens (primary N) is 1. The number of carbonyl (C=O) groups is 2. The van der Waals surface area contributed by atoms with Crippen LogP contribution in [-0.4, -0.2) is 24.8 Å². The summed E-state index contributed by atoms with van der Waals surface area (Å²) < 4.78 is 0. The lowest BCUT2D eigenvalue weighted by Crippen LogP contribution is -2.39. The van der Waals surface area contributed by atoms with E-state index in [4.69, 9.17) is 5.26 Å². The van der Waals surface area contributed by atoms with Crippen LogP contribution in [0.25, 0.3) is 0 Å². The lowest BCUT2D eigenvalue weighted by atomic mass is 10.4. The molecule has 0 aliphatic rings.